The first-order valence-corrected chi connectivity index (χ1v) is 8.34. The van der Waals surface area contributed by atoms with E-state index >= 15 is 0 Å². The van der Waals surface area contributed by atoms with E-state index in [4.69, 9.17) is 15.3 Å². The van der Waals surface area contributed by atoms with Crippen LogP contribution in [0.5, 0.6) is 0 Å². The second kappa shape index (κ2) is 8.00. The van der Waals surface area contributed by atoms with Gasteiger partial charge in [0, 0.05) is 11.6 Å². The summed E-state index contributed by atoms with van der Waals surface area (Å²) in [7, 11) is 0. The second-order valence-corrected chi connectivity index (χ2v) is 7.11. The van der Waals surface area contributed by atoms with E-state index in [9.17, 15) is 9.59 Å². The Morgan fingerprint density at radius 3 is 2.52 bits per heavy atom. The molecule has 2 atom stereocenters. The van der Waals surface area contributed by atoms with E-state index in [1.807, 2.05) is 18.2 Å². The van der Waals surface area contributed by atoms with Gasteiger partial charge in [-0.15, -0.1) is 0 Å². The number of amides is 1. The zero-order valence-electron chi connectivity index (χ0n) is 14.8. The van der Waals surface area contributed by atoms with Crippen LogP contribution in [0, 0.1) is 5.92 Å². The molecule has 1 fully saturated rings. The lowest BCUT2D eigenvalue weighted by Gasteiger charge is -2.21. The van der Waals surface area contributed by atoms with Crippen LogP contribution in [-0.2, 0) is 14.4 Å². The van der Waals surface area contributed by atoms with Crippen LogP contribution in [0.25, 0.3) is 0 Å². The van der Waals surface area contributed by atoms with Gasteiger partial charge in [-0.2, -0.15) is 0 Å². The highest BCUT2D eigenvalue weighted by atomic mass is 16.7. The minimum Gasteiger partial charge on any atom is -0.444 e. The zero-order chi connectivity index (χ0) is 18.4. The van der Waals surface area contributed by atoms with Crippen molar-refractivity contribution in [1.82, 2.24) is 5.32 Å². The maximum Gasteiger partial charge on any atom is 0.407 e. The first-order chi connectivity index (χ1) is 11.7. The molecule has 0 spiro atoms. The van der Waals surface area contributed by atoms with Gasteiger partial charge in [-0.3, -0.25) is 0 Å². The first kappa shape index (κ1) is 18.8. The molecular weight excluding hydrogens is 322 g/mol. The van der Waals surface area contributed by atoms with Crippen LogP contribution in [-0.4, -0.2) is 29.5 Å². The second-order valence-electron chi connectivity index (χ2n) is 7.11. The molecule has 0 bridgehead atoms. The summed E-state index contributed by atoms with van der Waals surface area (Å²) in [5.74, 6) is -0.602. The van der Waals surface area contributed by atoms with Gasteiger partial charge < -0.3 is 20.6 Å². The molecule has 2 rings (SSSR count). The van der Waals surface area contributed by atoms with Gasteiger partial charge in [0.1, 0.15) is 5.60 Å². The summed E-state index contributed by atoms with van der Waals surface area (Å²) in [4.78, 5) is 28.8. The summed E-state index contributed by atoms with van der Waals surface area (Å²) in [6.45, 7) is 5.41. The highest BCUT2D eigenvalue weighted by Crippen LogP contribution is 2.27. The molecule has 1 aliphatic rings. The van der Waals surface area contributed by atoms with Crippen LogP contribution in [0.1, 0.15) is 45.6 Å². The number of nitrogens with one attached hydrogen (secondary N) is 1. The van der Waals surface area contributed by atoms with Gasteiger partial charge in [-0.25, -0.2) is 9.59 Å². The summed E-state index contributed by atoms with van der Waals surface area (Å²) in [6, 6.07) is 8.96. The Labute approximate surface area is 147 Å². The number of nitrogens with zero attached hydrogens (tertiary/aromatic N) is 1. The SMILES string of the molecule is CC(C)(C)OC(=O)N[C@H]1CC[C@H](C(=O)ON=C(N)c2ccccc2)C1. The highest BCUT2D eigenvalue weighted by Gasteiger charge is 2.33. The molecule has 1 saturated carbocycles. The molecule has 0 aliphatic heterocycles. The van der Waals surface area contributed by atoms with Gasteiger partial charge >= 0.3 is 12.1 Å². The fraction of sp³-hybridized carbons (Fsp3) is 0.500. The van der Waals surface area contributed by atoms with E-state index < -0.39 is 17.7 Å². The number of amidine groups is 1. The molecule has 0 heterocycles. The number of carbonyl (C=O) groups is 2. The van der Waals surface area contributed by atoms with Crippen molar-refractivity contribution in [3.8, 4) is 0 Å². The standard InChI is InChI=1S/C18H25N3O4/c1-18(2,3)24-17(23)20-14-10-9-13(11-14)16(22)25-21-15(19)12-7-5-4-6-8-12/h4-8,13-14H,9-11H2,1-3H3,(H2,19,21)(H,20,23)/t13-,14-/m0/s1. The number of alkyl carbamates (subject to hydrolysis) is 1. The van der Waals surface area contributed by atoms with Crippen molar-refractivity contribution < 1.29 is 19.2 Å². The summed E-state index contributed by atoms with van der Waals surface area (Å²) in [5.41, 5.74) is 5.93. The number of hydrogen-bond donors (Lipinski definition) is 2. The van der Waals surface area contributed by atoms with Crippen LogP contribution >= 0.6 is 0 Å². The van der Waals surface area contributed by atoms with Crippen molar-refractivity contribution in [2.75, 3.05) is 0 Å². The molecule has 136 valence electrons. The van der Waals surface area contributed by atoms with Crippen LogP contribution in [0.15, 0.2) is 35.5 Å². The Balaban J connectivity index is 1.81. The summed E-state index contributed by atoms with van der Waals surface area (Å²) >= 11 is 0. The lowest BCUT2D eigenvalue weighted by molar-refractivity contribution is -0.148. The molecule has 1 amide bonds. The normalized spacial score (nSPS) is 20.8. The van der Waals surface area contributed by atoms with Crippen molar-refractivity contribution in [2.24, 2.45) is 16.8 Å². The van der Waals surface area contributed by atoms with Crippen LogP contribution in [0.3, 0.4) is 0 Å². The molecule has 0 aromatic heterocycles. The predicted octanol–water partition coefficient (Wildman–Crippen LogP) is 2.54. The molecule has 3 N–H and O–H groups in total. The van der Waals surface area contributed by atoms with Crippen LogP contribution in [0.4, 0.5) is 4.79 Å². The third kappa shape index (κ3) is 6.10. The number of oxime groups is 1. The van der Waals surface area contributed by atoms with Gasteiger partial charge in [-0.05, 0) is 40.0 Å². The molecule has 1 aromatic carbocycles. The van der Waals surface area contributed by atoms with Gasteiger partial charge in [0.05, 0.1) is 5.92 Å². The fourth-order valence-corrected chi connectivity index (χ4v) is 2.63. The molecule has 0 radical (unpaired) electrons. The van der Waals surface area contributed by atoms with Crippen LogP contribution < -0.4 is 11.1 Å². The maximum absolute atomic E-state index is 12.1. The van der Waals surface area contributed by atoms with E-state index in [1.165, 1.54) is 0 Å². The third-order valence-corrected chi connectivity index (χ3v) is 3.79. The van der Waals surface area contributed by atoms with E-state index in [2.05, 4.69) is 10.5 Å². The van der Waals surface area contributed by atoms with Gasteiger partial charge in [0.2, 0.25) is 0 Å². The van der Waals surface area contributed by atoms with E-state index in [0.29, 0.717) is 24.8 Å². The number of hydrogen-bond acceptors (Lipinski definition) is 5. The molecule has 1 aromatic rings. The number of benzene rings is 1. The molecule has 7 nitrogen and oxygen atoms in total. The highest BCUT2D eigenvalue weighted by molar-refractivity contribution is 5.97. The summed E-state index contributed by atoms with van der Waals surface area (Å²) in [6.07, 6.45) is 1.34. The maximum atomic E-state index is 12.1. The molecule has 1 aliphatic carbocycles. The molecular formula is C18H25N3O4. The van der Waals surface area contributed by atoms with Gasteiger partial charge in [0.15, 0.2) is 5.84 Å². The van der Waals surface area contributed by atoms with Crippen molar-refractivity contribution in [1.29, 1.82) is 0 Å². The predicted molar refractivity (Wildman–Crippen MR) is 93.8 cm³/mol. The molecule has 0 unspecified atom stereocenters. The average molecular weight is 347 g/mol. The van der Waals surface area contributed by atoms with Gasteiger partial charge in [-0.1, -0.05) is 35.5 Å². The van der Waals surface area contributed by atoms with Crippen LogP contribution in [0.2, 0.25) is 0 Å². The molecule has 25 heavy (non-hydrogen) atoms. The molecule has 0 saturated heterocycles. The number of ether oxygens (including phenoxy) is 1. The lowest BCUT2D eigenvalue weighted by atomic mass is 10.1. The number of nitrogens with two attached hydrogens (primary N) is 1. The minimum atomic E-state index is -0.551. The molecule has 7 heteroatoms. The summed E-state index contributed by atoms with van der Waals surface area (Å²) in [5, 5.41) is 6.49. The lowest BCUT2D eigenvalue weighted by Crippen LogP contribution is -2.38. The van der Waals surface area contributed by atoms with Crippen molar-refractivity contribution in [3.63, 3.8) is 0 Å². The smallest absolute Gasteiger partial charge is 0.407 e. The number of rotatable bonds is 4. The third-order valence-electron chi connectivity index (χ3n) is 3.79. The summed E-state index contributed by atoms with van der Waals surface area (Å²) < 4.78 is 5.22. The average Bonchev–Trinajstić information content (AvgIpc) is 2.99. The van der Waals surface area contributed by atoms with E-state index in [1.54, 1.807) is 32.9 Å². The first-order valence-electron chi connectivity index (χ1n) is 8.34. The Morgan fingerprint density at radius 1 is 1.20 bits per heavy atom. The Kier molecular flexibility index (Phi) is 6.01. The Bertz CT molecular complexity index is 637. The van der Waals surface area contributed by atoms with Crippen molar-refractivity contribution in [2.45, 2.75) is 51.7 Å². The quantitative estimate of drug-likeness (QED) is 0.377. The topological polar surface area (TPSA) is 103 Å². The Morgan fingerprint density at radius 2 is 1.88 bits per heavy atom. The van der Waals surface area contributed by atoms with Gasteiger partial charge in [0.25, 0.3) is 0 Å². The largest absolute Gasteiger partial charge is 0.444 e. The number of carbonyl (C=O) groups excluding carboxylic acids is 2. The van der Waals surface area contributed by atoms with Crippen molar-refractivity contribution >= 4 is 17.9 Å². The van der Waals surface area contributed by atoms with E-state index in [0.717, 1.165) is 0 Å². The zero-order valence-corrected chi connectivity index (χ0v) is 14.8. The monoisotopic (exact) mass is 347 g/mol. The fourth-order valence-electron chi connectivity index (χ4n) is 2.63. The van der Waals surface area contributed by atoms with Crippen molar-refractivity contribution in [3.05, 3.63) is 35.9 Å². The van der Waals surface area contributed by atoms with E-state index in [-0.39, 0.29) is 17.8 Å². The minimum absolute atomic E-state index is 0.108. The Hall–Kier alpha value is -2.57.